The molecule has 81 heavy (non-hydrogen) atoms. The Balaban J connectivity index is 0.721. The fourth-order valence-corrected chi connectivity index (χ4v) is 8.26. The Morgan fingerprint density at radius 3 is 0.926 bits per heavy atom. The molecule has 0 unspecified atom stereocenters. The first kappa shape index (κ1) is 60.7. The maximum Gasteiger partial charge on any atom is 0.161 e. The zero-order valence-corrected chi connectivity index (χ0v) is 46.5. The van der Waals surface area contributed by atoms with Gasteiger partial charge in [0.25, 0.3) is 0 Å². The van der Waals surface area contributed by atoms with Gasteiger partial charge in [0.15, 0.2) is 23.0 Å². The lowest BCUT2D eigenvalue weighted by molar-refractivity contribution is -0.686. The van der Waals surface area contributed by atoms with E-state index >= 15 is 0 Å². The molecule has 0 saturated heterocycles. The van der Waals surface area contributed by atoms with Crippen LogP contribution in [0.15, 0.2) is 110 Å². The van der Waals surface area contributed by atoms with E-state index in [1.165, 1.54) is 11.1 Å². The third-order valence-corrected chi connectivity index (χ3v) is 12.4. The van der Waals surface area contributed by atoms with E-state index in [1.54, 1.807) is 0 Å². The van der Waals surface area contributed by atoms with Crippen molar-refractivity contribution in [3.8, 4) is 34.5 Å². The molecular weight excluding hydrogens is 1050 g/mol. The maximum absolute atomic E-state index is 6.15. The van der Waals surface area contributed by atoms with E-state index in [1.807, 2.05) is 94.8 Å². The number of hydrogen-bond acceptors (Lipinski definition) is 18. The first-order valence-electron chi connectivity index (χ1n) is 28.0. The third kappa shape index (κ3) is 24.0. The molecule has 2 aliphatic rings. The van der Waals surface area contributed by atoms with Crippen molar-refractivity contribution in [1.82, 2.24) is 19.6 Å². The van der Waals surface area contributed by atoms with Crippen molar-refractivity contribution in [1.29, 1.82) is 0 Å². The summed E-state index contributed by atoms with van der Waals surface area (Å²) < 4.78 is 96.5. The fourth-order valence-electron chi connectivity index (χ4n) is 8.26. The molecule has 0 radical (unpaired) electrons. The van der Waals surface area contributed by atoms with Gasteiger partial charge in [-0.25, -0.2) is 0 Å². The van der Waals surface area contributed by atoms with Crippen LogP contribution in [0.5, 0.6) is 34.5 Å². The molecule has 0 spiro atoms. The van der Waals surface area contributed by atoms with Gasteiger partial charge >= 0.3 is 0 Å². The molecule has 2 aromatic heterocycles. The number of hydrogen-bond donors (Lipinski definition) is 1. The first-order valence-corrected chi connectivity index (χ1v) is 28.0. The molecule has 4 aromatic carbocycles. The van der Waals surface area contributed by atoms with Crippen LogP contribution in [0.25, 0.3) is 0 Å². The summed E-state index contributed by atoms with van der Waals surface area (Å²) in [6.07, 6.45) is 7.65. The second-order valence-corrected chi connectivity index (χ2v) is 18.7. The molecule has 0 saturated carbocycles. The van der Waals surface area contributed by atoms with Gasteiger partial charge < -0.3 is 81.1 Å². The minimum absolute atomic E-state index is 0.361. The molecule has 0 bridgehead atoms. The molecule has 0 amide bonds. The van der Waals surface area contributed by atoms with Gasteiger partial charge in [-0.1, -0.05) is 12.1 Å². The van der Waals surface area contributed by atoms with E-state index in [0.717, 1.165) is 46.8 Å². The van der Waals surface area contributed by atoms with Gasteiger partial charge in [-0.2, -0.15) is 10.2 Å². The lowest BCUT2D eigenvalue weighted by atomic mass is 10.2. The smallest absolute Gasteiger partial charge is 0.161 e. The minimum atomic E-state index is 0.361. The second kappa shape index (κ2) is 36.9. The van der Waals surface area contributed by atoms with Gasteiger partial charge in [-0.05, 0) is 83.9 Å². The Morgan fingerprint density at radius 1 is 0.321 bits per heavy atom. The number of aromatic nitrogens is 4. The van der Waals surface area contributed by atoms with Gasteiger partial charge in [0.1, 0.15) is 64.2 Å². The minimum Gasteiger partial charge on any atom is -0.489 e. The van der Waals surface area contributed by atoms with Crippen LogP contribution >= 0.6 is 0 Å². The van der Waals surface area contributed by atoms with Crippen molar-refractivity contribution in [3.05, 3.63) is 143 Å². The van der Waals surface area contributed by atoms with Crippen molar-refractivity contribution >= 4 is 0 Å². The highest BCUT2D eigenvalue weighted by Gasteiger charge is 2.13. The van der Waals surface area contributed by atoms with Gasteiger partial charge in [-0.3, -0.25) is 9.36 Å². The Morgan fingerprint density at radius 2 is 0.605 bits per heavy atom. The molecule has 0 fully saturated rings. The SMILES string of the molecule is c1cc(OCc2cnn(Cc3ccc4c(c3)OCCOCCOCCOCCOCCOCCO4)c2)ccc1C[NH2+]Cc1ccc(OCc2cnn(Cc3ccc4c(c3)OCCOCCOCCOCCOCCOCCO4)c2)cc1. The van der Waals surface area contributed by atoms with E-state index in [9.17, 15) is 0 Å². The van der Waals surface area contributed by atoms with E-state index in [-0.39, 0.29) is 0 Å². The lowest BCUT2D eigenvalue weighted by Crippen LogP contribution is -2.80. The van der Waals surface area contributed by atoms with E-state index in [4.69, 9.17) is 75.8 Å². The fraction of sp³-hybridized carbons (Fsp3) is 0.500. The predicted octanol–water partition coefficient (Wildman–Crippen LogP) is 5.31. The Bertz CT molecular complexity index is 2440. The first-order chi connectivity index (χ1) is 40.2. The highest BCUT2D eigenvalue weighted by Crippen LogP contribution is 2.30. The van der Waals surface area contributed by atoms with Crippen molar-refractivity contribution < 1.29 is 81.1 Å². The number of nitrogens with zero attached hydrogens (tertiary/aromatic N) is 4. The van der Waals surface area contributed by atoms with E-state index < -0.39 is 0 Å². The van der Waals surface area contributed by atoms with Crippen LogP contribution in [0, 0.1) is 0 Å². The van der Waals surface area contributed by atoms with E-state index in [2.05, 4.69) is 39.8 Å². The van der Waals surface area contributed by atoms with Crippen molar-refractivity contribution in [2.45, 2.75) is 39.4 Å². The standard InChI is InChI=1S/C60H79N5O16/c1-7-55(80-47-53-41-62-64(45-53)43-51-5-11-57-59(37-51)78-35-31-74-27-23-70-19-15-66-13-17-68-21-25-72-29-33-76-57)8-2-49(1)39-61-40-50-3-9-56(10-4-50)81-48-54-42-63-65(46-54)44-52-6-12-58-60(38-52)79-36-32-75-28-24-71-20-16-67-14-18-69-22-26-73-30-34-77-58/h1-12,37-38,41-42,45-46,61H,13-36,39-40,43-44,47-48H2/p+1. The number of benzene rings is 4. The lowest BCUT2D eigenvalue weighted by Gasteiger charge is -2.15. The predicted molar refractivity (Wildman–Crippen MR) is 297 cm³/mol. The average molecular weight is 1130 g/mol. The molecule has 8 rings (SSSR count). The van der Waals surface area contributed by atoms with Crippen LogP contribution < -0.4 is 33.7 Å². The number of nitrogens with two attached hydrogens (primary N) is 1. The van der Waals surface area contributed by atoms with Gasteiger partial charge in [0.2, 0.25) is 0 Å². The van der Waals surface area contributed by atoms with Crippen LogP contribution in [0.1, 0.15) is 33.4 Å². The molecule has 4 heterocycles. The third-order valence-electron chi connectivity index (χ3n) is 12.4. The summed E-state index contributed by atoms with van der Waals surface area (Å²) in [7, 11) is 0. The Hall–Kier alpha value is -6.34. The Kier molecular flexibility index (Phi) is 27.7. The molecular formula is C60H80N5O16+. The van der Waals surface area contributed by atoms with Crippen LogP contribution in [-0.4, -0.2) is 178 Å². The molecule has 2 aliphatic heterocycles. The van der Waals surface area contributed by atoms with Crippen molar-refractivity contribution in [2.75, 3.05) is 159 Å². The maximum atomic E-state index is 6.15. The summed E-state index contributed by atoms with van der Waals surface area (Å²) in [6, 6.07) is 28.3. The quantitative estimate of drug-likeness (QED) is 0.147. The van der Waals surface area contributed by atoms with Gasteiger partial charge in [-0.15, -0.1) is 0 Å². The van der Waals surface area contributed by atoms with Crippen LogP contribution in [0.2, 0.25) is 0 Å². The normalized spacial score (nSPS) is 17.2. The summed E-state index contributed by atoms with van der Waals surface area (Å²) in [4.78, 5) is 0. The topological polar surface area (TPSA) is 200 Å². The molecule has 21 heteroatoms. The summed E-state index contributed by atoms with van der Waals surface area (Å²) in [5, 5.41) is 11.5. The van der Waals surface area contributed by atoms with Crippen LogP contribution in [-0.2, 0) is 86.8 Å². The number of rotatable bonds is 14. The molecule has 440 valence electrons. The molecule has 2 N–H and O–H groups in total. The van der Waals surface area contributed by atoms with E-state index in [0.29, 0.717) is 208 Å². The van der Waals surface area contributed by atoms with Gasteiger partial charge in [0.05, 0.1) is 158 Å². The van der Waals surface area contributed by atoms with Crippen molar-refractivity contribution in [2.24, 2.45) is 0 Å². The summed E-state index contributed by atoms with van der Waals surface area (Å²) >= 11 is 0. The highest BCUT2D eigenvalue weighted by atomic mass is 16.6. The number of quaternary nitrogens is 1. The van der Waals surface area contributed by atoms with Crippen molar-refractivity contribution in [3.63, 3.8) is 0 Å². The summed E-state index contributed by atoms with van der Waals surface area (Å²) in [5.41, 5.74) is 6.36. The number of ether oxygens (including phenoxy) is 16. The van der Waals surface area contributed by atoms with Crippen LogP contribution in [0.3, 0.4) is 0 Å². The summed E-state index contributed by atoms with van der Waals surface area (Å²) in [6.45, 7) is 14.6. The highest BCUT2D eigenvalue weighted by molar-refractivity contribution is 5.44. The monoisotopic (exact) mass is 1130 g/mol. The Labute approximate surface area is 474 Å². The summed E-state index contributed by atoms with van der Waals surface area (Å²) in [5.74, 6) is 4.13. The van der Waals surface area contributed by atoms with Gasteiger partial charge in [0, 0.05) is 34.6 Å². The number of fused-ring (bicyclic) bond motifs is 2. The molecule has 0 atom stereocenters. The zero-order valence-electron chi connectivity index (χ0n) is 46.5. The van der Waals surface area contributed by atoms with Crippen LogP contribution in [0.4, 0.5) is 0 Å². The largest absolute Gasteiger partial charge is 0.489 e. The molecule has 0 aliphatic carbocycles. The molecule has 6 aromatic rings. The molecule has 21 nitrogen and oxygen atoms in total. The average Bonchev–Trinajstić information content (AvgIpc) is 4.16. The zero-order chi connectivity index (χ0) is 55.5. The second-order valence-electron chi connectivity index (χ2n) is 18.7.